The minimum atomic E-state index is -0.312. The lowest BCUT2D eigenvalue weighted by atomic mass is 10.1. The van der Waals surface area contributed by atoms with Crippen molar-refractivity contribution in [1.82, 2.24) is 4.98 Å². The minimum Gasteiger partial charge on any atom is -0.397 e. The van der Waals surface area contributed by atoms with Crippen LogP contribution in [0.3, 0.4) is 0 Å². The Balaban J connectivity index is 3.12. The van der Waals surface area contributed by atoms with Crippen molar-refractivity contribution in [2.24, 2.45) is 5.73 Å². The quantitative estimate of drug-likeness (QED) is 0.540. The zero-order valence-electron chi connectivity index (χ0n) is 6.50. The fourth-order valence-electron chi connectivity index (χ4n) is 0.843. The average molecular weight is 184 g/mol. The number of hydrogen-bond donors (Lipinski definition) is 2. The summed E-state index contributed by atoms with van der Waals surface area (Å²) >= 11 is 5.78. The SMILES string of the molecule is C=C[C@@H](N)c1cc(N)cnc1Cl. The number of nitrogens with zero attached hydrogens (tertiary/aromatic N) is 1. The molecule has 0 spiro atoms. The van der Waals surface area contributed by atoms with Gasteiger partial charge in [0.25, 0.3) is 0 Å². The molecule has 64 valence electrons. The highest BCUT2D eigenvalue weighted by Gasteiger charge is 2.07. The number of rotatable bonds is 2. The fourth-order valence-corrected chi connectivity index (χ4v) is 1.07. The Morgan fingerprint density at radius 1 is 1.67 bits per heavy atom. The molecule has 0 aliphatic carbocycles. The van der Waals surface area contributed by atoms with Crippen molar-refractivity contribution in [1.29, 1.82) is 0 Å². The van der Waals surface area contributed by atoms with Crippen LogP contribution in [0.4, 0.5) is 5.69 Å². The van der Waals surface area contributed by atoms with Gasteiger partial charge in [0.1, 0.15) is 5.15 Å². The first kappa shape index (κ1) is 9.03. The maximum absolute atomic E-state index is 5.78. The molecule has 4 heteroatoms. The lowest BCUT2D eigenvalue weighted by Crippen LogP contribution is -2.08. The third-order valence-corrected chi connectivity index (χ3v) is 1.82. The molecule has 1 atom stereocenters. The molecular formula is C8H10ClN3. The van der Waals surface area contributed by atoms with Crippen molar-refractivity contribution in [2.45, 2.75) is 6.04 Å². The summed E-state index contributed by atoms with van der Waals surface area (Å²) in [5, 5.41) is 0.372. The molecule has 0 amide bonds. The van der Waals surface area contributed by atoms with Crippen LogP contribution in [0.25, 0.3) is 0 Å². The number of aromatic nitrogens is 1. The maximum atomic E-state index is 5.78. The lowest BCUT2D eigenvalue weighted by molar-refractivity contribution is 0.905. The third kappa shape index (κ3) is 1.75. The normalized spacial score (nSPS) is 12.5. The minimum absolute atomic E-state index is 0.312. The monoisotopic (exact) mass is 183 g/mol. The van der Waals surface area contributed by atoms with Crippen LogP contribution in [0.5, 0.6) is 0 Å². The van der Waals surface area contributed by atoms with Crippen LogP contribution in [0.2, 0.25) is 5.15 Å². The summed E-state index contributed by atoms with van der Waals surface area (Å²) in [6, 6.07) is 1.38. The van der Waals surface area contributed by atoms with E-state index in [1.807, 2.05) is 0 Å². The van der Waals surface area contributed by atoms with Crippen molar-refractivity contribution < 1.29 is 0 Å². The Kier molecular flexibility index (Phi) is 2.68. The molecule has 0 aliphatic heterocycles. The van der Waals surface area contributed by atoms with E-state index >= 15 is 0 Å². The van der Waals surface area contributed by atoms with Gasteiger partial charge in [-0.05, 0) is 6.07 Å². The van der Waals surface area contributed by atoms with E-state index in [9.17, 15) is 0 Å². The van der Waals surface area contributed by atoms with Crippen molar-refractivity contribution >= 4 is 17.3 Å². The van der Waals surface area contributed by atoms with E-state index in [1.54, 1.807) is 12.1 Å². The Hall–Kier alpha value is -1.06. The molecule has 12 heavy (non-hydrogen) atoms. The summed E-state index contributed by atoms with van der Waals surface area (Å²) in [5.41, 5.74) is 12.4. The van der Waals surface area contributed by atoms with Crippen LogP contribution >= 0.6 is 11.6 Å². The van der Waals surface area contributed by atoms with Crippen molar-refractivity contribution in [3.8, 4) is 0 Å². The summed E-state index contributed by atoms with van der Waals surface area (Å²) in [7, 11) is 0. The van der Waals surface area contributed by atoms with Gasteiger partial charge in [-0.1, -0.05) is 17.7 Å². The van der Waals surface area contributed by atoms with E-state index in [-0.39, 0.29) is 6.04 Å². The summed E-state index contributed by atoms with van der Waals surface area (Å²) < 4.78 is 0. The highest BCUT2D eigenvalue weighted by Crippen LogP contribution is 2.21. The first-order valence-electron chi connectivity index (χ1n) is 3.44. The molecule has 3 nitrogen and oxygen atoms in total. The summed E-state index contributed by atoms with van der Waals surface area (Å²) in [5.74, 6) is 0. The first-order valence-corrected chi connectivity index (χ1v) is 3.82. The van der Waals surface area contributed by atoms with Gasteiger partial charge in [-0.25, -0.2) is 4.98 Å². The zero-order chi connectivity index (χ0) is 9.14. The molecule has 0 aromatic carbocycles. The van der Waals surface area contributed by atoms with Gasteiger partial charge < -0.3 is 11.5 Å². The number of halogens is 1. The molecule has 0 saturated carbocycles. The third-order valence-electron chi connectivity index (χ3n) is 1.50. The molecule has 0 fully saturated rings. The topological polar surface area (TPSA) is 64.9 Å². The molecular weight excluding hydrogens is 174 g/mol. The molecule has 1 heterocycles. The molecule has 0 aliphatic rings. The van der Waals surface area contributed by atoms with Gasteiger partial charge in [0, 0.05) is 5.56 Å². The van der Waals surface area contributed by atoms with Crippen LogP contribution in [-0.4, -0.2) is 4.98 Å². The first-order chi connectivity index (χ1) is 5.65. The number of pyridine rings is 1. The fraction of sp³-hybridized carbons (Fsp3) is 0.125. The van der Waals surface area contributed by atoms with Gasteiger partial charge in [0.05, 0.1) is 17.9 Å². The highest BCUT2D eigenvalue weighted by atomic mass is 35.5. The van der Waals surface area contributed by atoms with Gasteiger partial charge in [0.15, 0.2) is 0 Å². The molecule has 0 saturated heterocycles. The van der Waals surface area contributed by atoms with Crippen LogP contribution in [0.1, 0.15) is 11.6 Å². The summed E-state index contributed by atoms with van der Waals surface area (Å²) in [6.07, 6.45) is 3.07. The second-order valence-electron chi connectivity index (χ2n) is 2.41. The van der Waals surface area contributed by atoms with Crippen LogP contribution in [0, 0.1) is 0 Å². The second-order valence-corrected chi connectivity index (χ2v) is 2.77. The van der Waals surface area contributed by atoms with Gasteiger partial charge in [0.2, 0.25) is 0 Å². The zero-order valence-corrected chi connectivity index (χ0v) is 7.25. The van der Waals surface area contributed by atoms with Crippen molar-refractivity contribution in [3.05, 3.63) is 35.6 Å². The highest BCUT2D eigenvalue weighted by molar-refractivity contribution is 6.30. The number of nitrogen functional groups attached to an aromatic ring is 1. The lowest BCUT2D eigenvalue weighted by Gasteiger charge is -2.08. The predicted octanol–water partition coefficient (Wildman–Crippen LogP) is 1.50. The molecule has 4 N–H and O–H groups in total. The number of anilines is 1. The Bertz CT molecular complexity index is 298. The molecule has 1 rings (SSSR count). The number of hydrogen-bond acceptors (Lipinski definition) is 3. The van der Waals surface area contributed by atoms with E-state index in [0.717, 1.165) is 0 Å². The van der Waals surface area contributed by atoms with E-state index in [4.69, 9.17) is 23.1 Å². The Morgan fingerprint density at radius 2 is 2.33 bits per heavy atom. The van der Waals surface area contributed by atoms with E-state index in [2.05, 4.69) is 11.6 Å². The molecule has 0 unspecified atom stereocenters. The Morgan fingerprint density at radius 3 is 2.92 bits per heavy atom. The van der Waals surface area contributed by atoms with Crippen LogP contribution in [-0.2, 0) is 0 Å². The smallest absolute Gasteiger partial charge is 0.134 e. The van der Waals surface area contributed by atoms with E-state index in [1.165, 1.54) is 6.20 Å². The molecule has 0 radical (unpaired) electrons. The van der Waals surface area contributed by atoms with Crippen LogP contribution in [0.15, 0.2) is 24.9 Å². The van der Waals surface area contributed by atoms with Crippen LogP contribution < -0.4 is 11.5 Å². The Labute approximate surface area is 76.0 Å². The maximum Gasteiger partial charge on any atom is 0.134 e. The molecule has 1 aromatic rings. The summed E-state index contributed by atoms with van der Waals surface area (Å²) in [6.45, 7) is 3.56. The van der Waals surface area contributed by atoms with Gasteiger partial charge in [-0.15, -0.1) is 6.58 Å². The standard InChI is InChI=1S/C8H10ClN3/c1-2-7(11)6-3-5(10)4-12-8(6)9/h2-4,7H,1,10-11H2/t7-/m1/s1. The number of nitrogens with two attached hydrogens (primary N) is 2. The van der Waals surface area contributed by atoms with Gasteiger partial charge in [-0.3, -0.25) is 0 Å². The largest absolute Gasteiger partial charge is 0.397 e. The summed E-state index contributed by atoms with van der Waals surface area (Å²) in [4.78, 5) is 3.86. The molecule has 1 aromatic heterocycles. The van der Waals surface area contributed by atoms with Gasteiger partial charge >= 0.3 is 0 Å². The average Bonchev–Trinajstić information content (AvgIpc) is 2.08. The van der Waals surface area contributed by atoms with E-state index < -0.39 is 0 Å². The van der Waals surface area contributed by atoms with Crippen molar-refractivity contribution in [2.75, 3.05) is 5.73 Å². The predicted molar refractivity (Wildman–Crippen MR) is 50.8 cm³/mol. The van der Waals surface area contributed by atoms with E-state index in [0.29, 0.717) is 16.4 Å². The molecule has 0 bridgehead atoms. The van der Waals surface area contributed by atoms with Crippen molar-refractivity contribution in [3.63, 3.8) is 0 Å². The second kappa shape index (κ2) is 3.56. The van der Waals surface area contributed by atoms with Gasteiger partial charge in [-0.2, -0.15) is 0 Å².